The van der Waals surface area contributed by atoms with Crippen molar-refractivity contribution < 1.29 is 19.4 Å². The van der Waals surface area contributed by atoms with Gasteiger partial charge in [-0.05, 0) is 30.4 Å². The molecule has 2 atom stereocenters. The van der Waals surface area contributed by atoms with E-state index in [0.29, 0.717) is 30.2 Å². The number of aromatic hydroxyl groups is 1. The van der Waals surface area contributed by atoms with E-state index in [2.05, 4.69) is 30.7 Å². The van der Waals surface area contributed by atoms with E-state index in [4.69, 9.17) is 4.42 Å². The zero-order valence-corrected chi connectivity index (χ0v) is 17.9. The van der Waals surface area contributed by atoms with Crippen LogP contribution in [-0.2, 0) is 0 Å². The molecule has 8 nitrogen and oxygen atoms in total. The number of oxazole rings is 1. The van der Waals surface area contributed by atoms with Gasteiger partial charge in [0.2, 0.25) is 0 Å². The van der Waals surface area contributed by atoms with Crippen molar-refractivity contribution in [3.63, 3.8) is 0 Å². The highest BCUT2D eigenvalue weighted by atomic mass is 32.1. The lowest BCUT2D eigenvalue weighted by atomic mass is 9.71. The van der Waals surface area contributed by atoms with Crippen LogP contribution in [0.25, 0.3) is 22.4 Å². The number of phenols is 1. The predicted molar refractivity (Wildman–Crippen MR) is 114 cm³/mol. The van der Waals surface area contributed by atoms with E-state index in [9.17, 15) is 15.0 Å². The van der Waals surface area contributed by atoms with E-state index in [-0.39, 0.29) is 17.2 Å². The van der Waals surface area contributed by atoms with Crippen LogP contribution in [0.3, 0.4) is 0 Å². The normalized spacial score (nSPS) is 24.0. The number of carbonyl (C=O) groups is 1. The first-order valence-corrected chi connectivity index (χ1v) is 10.9. The zero-order chi connectivity index (χ0) is 21.3. The maximum absolute atomic E-state index is 12.1. The molecule has 2 saturated heterocycles. The molecular weight excluding hydrogens is 404 g/mol. The van der Waals surface area contributed by atoms with E-state index in [1.165, 1.54) is 11.3 Å². The lowest BCUT2D eigenvalue weighted by molar-refractivity contribution is 0.00435. The van der Waals surface area contributed by atoms with Gasteiger partial charge in [-0.3, -0.25) is 4.90 Å². The molecule has 30 heavy (non-hydrogen) atoms. The summed E-state index contributed by atoms with van der Waals surface area (Å²) in [5.74, 6) is 0.0525. The van der Waals surface area contributed by atoms with Crippen LogP contribution in [0.15, 0.2) is 27.4 Å². The molecule has 1 amide bonds. The van der Waals surface area contributed by atoms with Gasteiger partial charge in [-0.1, -0.05) is 20.8 Å². The third kappa shape index (κ3) is 2.61. The average Bonchev–Trinajstić information content (AvgIpc) is 3.39. The maximum Gasteiger partial charge on any atom is 0.408 e. The fraction of sp³-hybridized carbons (Fsp3) is 0.476. The van der Waals surface area contributed by atoms with Gasteiger partial charge in [-0.25, -0.2) is 9.78 Å². The Balaban J connectivity index is 1.59. The summed E-state index contributed by atoms with van der Waals surface area (Å²) >= 11 is 1.49. The molecule has 0 radical (unpaired) electrons. The third-order valence-electron chi connectivity index (χ3n) is 6.69. The largest absolute Gasteiger partial charge is 0.506 e. The van der Waals surface area contributed by atoms with Crippen LogP contribution in [0.4, 0.5) is 10.8 Å². The summed E-state index contributed by atoms with van der Waals surface area (Å²) in [5, 5.41) is 22.2. The molecule has 158 valence electrons. The Morgan fingerprint density at radius 2 is 2.17 bits per heavy atom. The quantitative estimate of drug-likeness (QED) is 0.623. The van der Waals surface area contributed by atoms with Crippen molar-refractivity contribution in [2.24, 2.45) is 5.41 Å². The Kier molecular flexibility index (Phi) is 4.05. The Morgan fingerprint density at radius 1 is 1.37 bits per heavy atom. The van der Waals surface area contributed by atoms with Crippen molar-refractivity contribution in [2.45, 2.75) is 45.2 Å². The van der Waals surface area contributed by atoms with Crippen molar-refractivity contribution in [3.8, 4) is 17.0 Å². The van der Waals surface area contributed by atoms with Gasteiger partial charge in [-0.2, -0.15) is 4.98 Å². The van der Waals surface area contributed by atoms with Crippen LogP contribution >= 0.6 is 11.3 Å². The minimum atomic E-state index is -0.867. The molecule has 2 aliphatic heterocycles. The van der Waals surface area contributed by atoms with E-state index in [1.54, 1.807) is 22.5 Å². The number of carboxylic acid groups (broad SMARTS) is 1. The summed E-state index contributed by atoms with van der Waals surface area (Å²) in [4.78, 5) is 24.8. The predicted octanol–water partition coefficient (Wildman–Crippen LogP) is 4.40. The molecular formula is C21H24N4O4S. The number of amides is 1. The summed E-state index contributed by atoms with van der Waals surface area (Å²) in [6, 6.07) is 3.68. The second-order valence-electron chi connectivity index (χ2n) is 9.19. The Bertz CT molecular complexity index is 1120. The van der Waals surface area contributed by atoms with Gasteiger partial charge >= 0.3 is 6.09 Å². The molecule has 2 aliphatic rings. The van der Waals surface area contributed by atoms with E-state index >= 15 is 0 Å². The minimum absolute atomic E-state index is 0.0525. The molecule has 2 fully saturated rings. The lowest BCUT2D eigenvalue weighted by Crippen LogP contribution is -2.68. The smallest absolute Gasteiger partial charge is 0.408 e. The highest BCUT2D eigenvalue weighted by Gasteiger charge is 2.59. The molecule has 2 aromatic heterocycles. The molecule has 5 rings (SSSR count). The zero-order valence-electron chi connectivity index (χ0n) is 17.1. The number of rotatable bonds is 2. The third-order valence-corrected chi connectivity index (χ3v) is 7.28. The summed E-state index contributed by atoms with van der Waals surface area (Å²) in [6.07, 6.45) is 0.753. The number of phenolic OH excluding ortho intramolecular Hbond substituents is 1. The first kappa shape index (κ1) is 19.2. The monoisotopic (exact) mass is 428 g/mol. The van der Waals surface area contributed by atoms with Crippen LogP contribution in [0.2, 0.25) is 0 Å². The van der Waals surface area contributed by atoms with Gasteiger partial charge in [0, 0.05) is 24.0 Å². The Labute approximate surface area is 177 Å². The molecule has 2 N–H and O–H groups in total. The van der Waals surface area contributed by atoms with Crippen molar-refractivity contribution >= 4 is 34.5 Å². The number of nitrogens with zero attached hydrogens (tertiary/aromatic N) is 4. The van der Waals surface area contributed by atoms with E-state index in [0.717, 1.165) is 24.1 Å². The molecule has 1 aromatic carbocycles. The van der Waals surface area contributed by atoms with Crippen LogP contribution in [0, 0.1) is 5.41 Å². The molecule has 0 spiro atoms. The average molecular weight is 429 g/mol. The minimum Gasteiger partial charge on any atom is -0.506 e. The second-order valence-corrected chi connectivity index (χ2v) is 9.91. The summed E-state index contributed by atoms with van der Waals surface area (Å²) in [5.41, 5.74) is 3.42. The fourth-order valence-electron chi connectivity index (χ4n) is 5.09. The second kappa shape index (κ2) is 6.34. The molecule has 0 saturated carbocycles. The van der Waals surface area contributed by atoms with Gasteiger partial charge < -0.3 is 19.5 Å². The summed E-state index contributed by atoms with van der Waals surface area (Å²) in [6.45, 7) is 7.29. The van der Waals surface area contributed by atoms with Gasteiger partial charge in [-0.15, -0.1) is 11.3 Å². The molecule has 2 unspecified atom stereocenters. The number of benzene rings is 1. The highest BCUT2D eigenvalue weighted by molar-refractivity contribution is 7.07. The standard InChI is InChI=1S/C21H24N4O4S/c1-20(2,3)21-7-6-12(25(21)19(27)28)8-24(10-21)18-23-16-15(26)5-4-13(17(16)29-18)14-9-30-11-22-14/h4-5,9,11-12,26H,6-8,10H2,1-3H3,(H,27,28). The number of aromatic nitrogens is 2. The van der Waals surface area contributed by atoms with Crippen LogP contribution in [-0.4, -0.2) is 55.8 Å². The van der Waals surface area contributed by atoms with E-state index in [1.807, 2.05) is 10.3 Å². The van der Waals surface area contributed by atoms with Crippen LogP contribution in [0.5, 0.6) is 5.75 Å². The summed E-state index contributed by atoms with van der Waals surface area (Å²) < 4.78 is 6.17. The lowest BCUT2D eigenvalue weighted by Gasteiger charge is -2.53. The fourth-order valence-corrected chi connectivity index (χ4v) is 5.64. The molecule has 4 heterocycles. The first-order chi connectivity index (χ1) is 14.2. The van der Waals surface area contributed by atoms with Crippen molar-refractivity contribution in [2.75, 3.05) is 18.0 Å². The number of thiazole rings is 1. The van der Waals surface area contributed by atoms with Crippen molar-refractivity contribution in [1.82, 2.24) is 14.9 Å². The number of piperazine rings is 1. The first-order valence-electron chi connectivity index (χ1n) is 9.99. The number of anilines is 1. The Hall–Kier alpha value is -2.81. The maximum atomic E-state index is 12.1. The van der Waals surface area contributed by atoms with Crippen molar-refractivity contribution in [3.05, 3.63) is 23.0 Å². The number of fused-ring (bicyclic) bond motifs is 3. The molecule has 2 bridgehead atoms. The Morgan fingerprint density at radius 3 is 2.83 bits per heavy atom. The number of hydrogen-bond acceptors (Lipinski definition) is 7. The van der Waals surface area contributed by atoms with Crippen LogP contribution < -0.4 is 4.90 Å². The van der Waals surface area contributed by atoms with Gasteiger partial charge in [0.1, 0.15) is 5.75 Å². The SMILES string of the molecule is CC(C)(C)C12CCC(CN(c3nc4c(O)ccc(-c5cscn5)c4o3)C1)N2C(=O)O. The molecule has 9 heteroatoms. The molecule has 3 aromatic rings. The topological polar surface area (TPSA) is 103 Å². The van der Waals surface area contributed by atoms with Gasteiger partial charge in [0.25, 0.3) is 6.01 Å². The molecule has 0 aliphatic carbocycles. The summed E-state index contributed by atoms with van der Waals surface area (Å²) in [7, 11) is 0. The number of hydrogen-bond donors (Lipinski definition) is 2. The van der Waals surface area contributed by atoms with Gasteiger partial charge in [0.05, 0.1) is 22.8 Å². The van der Waals surface area contributed by atoms with Crippen LogP contribution in [0.1, 0.15) is 33.6 Å². The van der Waals surface area contributed by atoms with Crippen molar-refractivity contribution in [1.29, 1.82) is 0 Å². The van der Waals surface area contributed by atoms with E-state index < -0.39 is 11.6 Å². The van der Waals surface area contributed by atoms with Gasteiger partial charge in [0.15, 0.2) is 11.1 Å². The highest BCUT2D eigenvalue weighted by Crippen LogP contribution is 2.50.